The molecule has 4 nitrogen and oxygen atoms in total. The molecule has 0 aromatic heterocycles. The van der Waals surface area contributed by atoms with Crippen molar-refractivity contribution in [1.29, 1.82) is 0 Å². The van der Waals surface area contributed by atoms with Crippen LogP contribution in [0.3, 0.4) is 0 Å². The molecule has 4 heteroatoms. The molecule has 2 saturated heterocycles. The van der Waals surface area contributed by atoms with Crippen molar-refractivity contribution in [2.75, 3.05) is 13.2 Å². The monoisotopic (exact) mass is 220 g/mol. The third-order valence-electron chi connectivity index (χ3n) is 2.85. The van der Waals surface area contributed by atoms with E-state index in [4.69, 9.17) is 14.2 Å². The number of cyclic esters (lactones) is 1. The molecule has 2 atom stereocenters. The molecule has 3 rings (SSSR count). The predicted molar refractivity (Wildman–Crippen MR) is 54.7 cm³/mol. The summed E-state index contributed by atoms with van der Waals surface area (Å²) in [6, 6.07) is 9.66. The van der Waals surface area contributed by atoms with Crippen LogP contribution in [-0.4, -0.2) is 31.1 Å². The van der Waals surface area contributed by atoms with E-state index in [2.05, 4.69) is 0 Å². The first kappa shape index (κ1) is 9.81. The average Bonchev–Trinajstić information content (AvgIpc) is 2.66. The number of ether oxygens (including phenoxy) is 3. The lowest BCUT2D eigenvalue weighted by Crippen LogP contribution is -2.48. The molecule has 0 N–H and O–H groups in total. The van der Waals surface area contributed by atoms with Crippen LogP contribution in [0, 0.1) is 0 Å². The molecule has 84 valence electrons. The van der Waals surface area contributed by atoms with E-state index in [1.165, 1.54) is 0 Å². The Labute approximate surface area is 93.1 Å². The van der Waals surface area contributed by atoms with E-state index >= 15 is 0 Å². The second kappa shape index (κ2) is 3.57. The number of carbonyl (C=O) groups excluding carboxylic acids is 1. The van der Waals surface area contributed by atoms with Crippen molar-refractivity contribution in [2.45, 2.75) is 18.3 Å². The minimum atomic E-state index is -1.20. The highest BCUT2D eigenvalue weighted by Crippen LogP contribution is 2.32. The van der Waals surface area contributed by atoms with Crippen LogP contribution in [0.25, 0.3) is 0 Å². The van der Waals surface area contributed by atoms with Gasteiger partial charge in [0.2, 0.25) is 0 Å². The lowest BCUT2D eigenvalue weighted by molar-refractivity contribution is -0.229. The first-order valence-electron chi connectivity index (χ1n) is 5.31. The highest BCUT2D eigenvalue weighted by Gasteiger charge is 2.53. The zero-order valence-corrected chi connectivity index (χ0v) is 8.72. The number of hydrogen-bond donors (Lipinski definition) is 0. The molecule has 2 aliphatic heterocycles. The van der Waals surface area contributed by atoms with Crippen molar-refractivity contribution in [1.82, 2.24) is 0 Å². The maximum absolute atomic E-state index is 11.7. The second-order valence-electron chi connectivity index (χ2n) is 4.06. The Kier molecular flexibility index (Phi) is 2.19. The zero-order valence-electron chi connectivity index (χ0n) is 8.72. The van der Waals surface area contributed by atoms with Gasteiger partial charge in [-0.3, -0.25) is 0 Å². The van der Waals surface area contributed by atoms with Crippen molar-refractivity contribution in [3.05, 3.63) is 35.9 Å². The molecule has 0 spiro atoms. The minimum absolute atomic E-state index is 0.110. The van der Waals surface area contributed by atoms with E-state index in [-0.39, 0.29) is 6.10 Å². The Balaban J connectivity index is 1.85. The Morgan fingerprint density at radius 1 is 1.25 bits per heavy atom. The van der Waals surface area contributed by atoms with Crippen LogP contribution in [0.15, 0.2) is 30.3 Å². The zero-order chi connectivity index (χ0) is 11.0. The van der Waals surface area contributed by atoms with E-state index in [1.54, 1.807) is 0 Å². The van der Waals surface area contributed by atoms with Crippen molar-refractivity contribution in [3.63, 3.8) is 0 Å². The highest BCUT2D eigenvalue weighted by atomic mass is 16.8. The quantitative estimate of drug-likeness (QED) is 0.694. The molecule has 1 aromatic carbocycles. The van der Waals surface area contributed by atoms with Gasteiger partial charge in [0, 0.05) is 6.42 Å². The van der Waals surface area contributed by atoms with Crippen LogP contribution in [0.1, 0.15) is 5.56 Å². The molecule has 16 heavy (non-hydrogen) atoms. The van der Waals surface area contributed by atoms with E-state index in [0.29, 0.717) is 19.6 Å². The van der Waals surface area contributed by atoms with Gasteiger partial charge in [-0.15, -0.1) is 0 Å². The van der Waals surface area contributed by atoms with Crippen molar-refractivity contribution in [2.24, 2.45) is 0 Å². The first-order valence-corrected chi connectivity index (χ1v) is 5.31. The van der Waals surface area contributed by atoms with Crippen LogP contribution in [0.2, 0.25) is 0 Å². The summed E-state index contributed by atoms with van der Waals surface area (Å²) >= 11 is 0. The summed E-state index contributed by atoms with van der Waals surface area (Å²) < 4.78 is 16.1. The van der Waals surface area contributed by atoms with E-state index in [0.717, 1.165) is 5.56 Å². The van der Waals surface area contributed by atoms with Gasteiger partial charge in [0.15, 0.2) is 0 Å². The molecule has 0 saturated carbocycles. The van der Waals surface area contributed by atoms with E-state index < -0.39 is 11.8 Å². The summed E-state index contributed by atoms with van der Waals surface area (Å²) in [7, 11) is 0. The number of rotatable bonds is 2. The normalized spacial score (nSPS) is 32.5. The SMILES string of the molecule is O=C1OCC2COC1(Cc1ccccc1)O2. The Morgan fingerprint density at radius 2 is 2.06 bits per heavy atom. The molecule has 0 amide bonds. The number of fused-ring (bicyclic) bond motifs is 2. The Morgan fingerprint density at radius 3 is 2.88 bits per heavy atom. The molecule has 2 aliphatic rings. The van der Waals surface area contributed by atoms with Gasteiger partial charge in [-0.25, -0.2) is 4.79 Å². The molecular weight excluding hydrogens is 208 g/mol. The van der Waals surface area contributed by atoms with Crippen LogP contribution in [0.5, 0.6) is 0 Å². The van der Waals surface area contributed by atoms with Crippen LogP contribution >= 0.6 is 0 Å². The number of carbonyl (C=O) groups is 1. The predicted octanol–water partition coefficient (Wildman–Crippen LogP) is 0.898. The fraction of sp³-hybridized carbons (Fsp3) is 0.417. The van der Waals surface area contributed by atoms with E-state index in [9.17, 15) is 4.79 Å². The lowest BCUT2D eigenvalue weighted by atomic mass is 10.0. The third kappa shape index (κ3) is 1.50. The fourth-order valence-corrected chi connectivity index (χ4v) is 2.06. The van der Waals surface area contributed by atoms with Gasteiger partial charge in [0.05, 0.1) is 6.61 Å². The topological polar surface area (TPSA) is 44.8 Å². The molecule has 0 aliphatic carbocycles. The molecule has 0 radical (unpaired) electrons. The van der Waals surface area contributed by atoms with Gasteiger partial charge in [0.1, 0.15) is 12.7 Å². The molecule has 2 bridgehead atoms. The van der Waals surface area contributed by atoms with Crippen molar-refractivity contribution >= 4 is 5.97 Å². The van der Waals surface area contributed by atoms with Crippen molar-refractivity contribution < 1.29 is 19.0 Å². The van der Waals surface area contributed by atoms with Crippen LogP contribution < -0.4 is 0 Å². The molecule has 1 aromatic rings. The van der Waals surface area contributed by atoms with Crippen molar-refractivity contribution in [3.8, 4) is 0 Å². The maximum Gasteiger partial charge on any atom is 0.367 e. The molecule has 2 heterocycles. The smallest absolute Gasteiger partial charge is 0.367 e. The summed E-state index contributed by atoms with van der Waals surface area (Å²) in [4.78, 5) is 11.7. The molecule has 2 fully saturated rings. The Hall–Kier alpha value is -1.39. The summed E-state index contributed by atoms with van der Waals surface area (Å²) in [6.45, 7) is 0.730. The maximum atomic E-state index is 11.7. The first-order chi connectivity index (χ1) is 7.78. The number of benzene rings is 1. The average molecular weight is 220 g/mol. The summed E-state index contributed by atoms with van der Waals surface area (Å²) in [5, 5.41) is 0. The van der Waals surface area contributed by atoms with Crippen LogP contribution in [-0.2, 0) is 25.4 Å². The van der Waals surface area contributed by atoms with Gasteiger partial charge in [-0.05, 0) is 5.56 Å². The lowest BCUT2D eigenvalue weighted by Gasteiger charge is -2.29. The Bertz CT molecular complexity index is 403. The summed E-state index contributed by atoms with van der Waals surface area (Å²) in [5.41, 5.74) is 1.00. The van der Waals surface area contributed by atoms with Gasteiger partial charge >= 0.3 is 5.97 Å². The summed E-state index contributed by atoms with van der Waals surface area (Å²) in [6.07, 6.45) is 0.296. The number of esters is 1. The second-order valence-corrected chi connectivity index (χ2v) is 4.06. The van der Waals surface area contributed by atoms with Gasteiger partial charge in [0.25, 0.3) is 5.79 Å². The van der Waals surface area contributed by atoms with Gasteiger partial charge in [-0.1, -0.05) is 30.3 Å². The van der Waals surface area contributed by atoms with E-state index in [1.807, 2.05) is 30.3 Å². The van der Waals surface area contributed by atoms with Gasteiger partial charge < -0.3 is 14.2 Å². The minimum Gasteiger partial charge on any atom is -0.459 e. The molecular formula is C12H12O4. The largest absolute Gasteiger partial charge is 0.459 e. The summed E-state index contributed by atoms with van der Waals surface area (Å²) in [5.74, 6) is -1.62. The van der Waals surface area contributed by atoms with Gasteiger partial charge in [-0.2, -0.15) is 0 Å². The van der Waals surface area contributed by atoms with Crippen LogP contribution in [0.4, 0.5) is 0 Å². The standard InChI is InChI=1S/C12H12O4/c13-11-12(6-9-4-2-1-3-5-9)15-8-10(16-12)7-14-11/h1-5,10H,6-8H2. The highest BCUT2D eigenvalue weighted by molar-refractivity contribution is 5.79. The number of hydrogen-bond acceptors (Lipinski definition) is 4. The fourth-order valence-electron chi connectivity index (χ4n) is 2.06. The third-order valence-corrected chi connectivity index (χ3v) is 2.85. The molecule has 2 unspecified atom stereocenters.